The molecule has 3 aromatic rings. The number of benzene rings is 2. The van der Waals surface area contributed by atoms with Crippen molar-refractivity contribution in [1.29, 1.82) is 0 Å². The van der Waals surface area contributed by atoms with Crippen LogP contribution in [0.1, 0.15) is 25.7 Å². The van der Waals surface area contributed by atoms with Gasteiger partial charge in [-0.15, -0.1) is 11.3 Å². The Labute approximate surface area is 146 Å². The van der Waals surface area contributed by atoms with E-state index in [1.165, 1.54) is 0 Å². The Morgan fingerprint density at radius 1 is 1.12 bits per heavy atom. The third kappa shape index (κ3) is 3.64. The molecule has 8 heteroatoms. The molecule has 0 bridgehead atoms. The van der Waals surface area contributed by atoms with Crippen molar-refractivity contribution in [3.8, 4) is 0 Å². The van der Waals surface area contributed by atoms with Gasteiger partial charge in [0.2, 0.25) is 0 Å². The van der Waals surface area contributed by atoms with Gasteiger partial charge in [-0.25, -0.2) is 9.78 Å². The van der Waals surface area contributed by atoms with Gasteiger partial charge in [0.15, 0.2) is 5.01 Å². The number of aromatic carboxylic acids is 1. The van der Waals surface area contributed by atoms with Crippen LogP contribution in [0.15, 0.2) is 42.5 Å². The summed E-state index contributed by atoms with van der Waals surface area (Å²) in [5.74, 6) is -2.78. The van der Waals surface area contributed by atoms with Crippen molar-refractivity contribution in [2.45, 2.75) is 6.54 Å². The second-order valence-electron chi connectivity index (χ2n) is 5.25. The van der Waals surface area contributed by atoms with Gasteiger partial charge in [-0.05, 0) is 35.9 Å². The molecule has 7 nitrogen and oxygen atoms in total. The molecular weight excluding hydrogens is 342 g/mol. The minimum absolute atomic E-state index is 0.0731. The lowest BCUT2D eigenvalue weighted by molar-refractivity contribution is -0.114. The molecule has 0 radical (unpaired) electrons. The Kier molecular flexibility index (Phi) is 4.44. The van der Waals surface area contributed by atoms with Crippen LogP contribution in [-0.4, -0.2) is 27.8 Å². The van der Waals surface area contributed by atoms with Crippen LogP contribution in [0.4, 0.5) is 5.69 Å². The van der Waals surface area contributed by atoms with Crippen LogP contribution in [-0.2, 0) is 11.3 Å². The van der Waals surface area contributed by atoms with Crippen molar-refractivity contribution in [3.63, 3.8) is 0 Å². The summed E-state index contributed by atoms with van der Waals surface area (Å²) >= 11 is 1.11. The number of fused-ring (bicyclic) bond motifs is 1. The number of rotatable bonds is 6. The summed E-state index contributed by atoms with van der Waals surface area (Å²) in [6.07, 6.45) is 0. The molecule has 0 aliphatic carbocycles. The first-order valence-electron chi connectivity index (χ1n) is 7.25. The Morgan fingerprint density at radius 2 is 1.84 bits per heavy atom. The van der Waals surface area contributed by atoms with Crippen molar-refractivity contribution >= 4 is 44.9 Å². The summed E-state index contributed by atoms with van der Waals surface area (Å²) < 4.78 is 0.760. The van der Waals surface area contributed by atoms with E-state index >= 15 is 0 Å². The van der Waals surface area contributed by atoms with Gasteiger partial charge in [0.05, 0.1) is 15.8 Å². The zero-order valence-electron chi connectivity index (χ0n) is 12.9. The molecule has 0 unspecified atom stereocenters. The number of carbonyl (C=O) groups is 3. The van der Waals surface area contributed by atoms with Gasteiger partial charge < -0.3 is 16.2 Å². The van der Waals surface area contributed by atoms with E-state index in [2.05, 4.69) is 10.3 Å². The first-order valence-corrected chi connectivity index (χ1v) is 8.06. The van der Waals surface area contributed by atoms with Gasteiger partial charge in [0.1, 0.15) is 0 Å². The Morgan fingerprint density at radius 3 is 2.48 bits per heavy atom. The molecule has 3 rings (SSSR count). The minimum Gasteiger partial charge on any atom is -0.478 e. The summed E-state index contributed by atoms with van der Waals surface area (Å²) in [7, 11) is 0. The zero-order valence-corrected chi connectivity index (χ0v) is 13.7. The third-order valence-corrected chi connectivity index (χ3v) is 4.52. The first kappa shape index (κ1) is 16.6. The molecule has 1 aromatic heterocycles. The van der Waals surface area contributed by atoms with E-state index in [4.69, 9.17) is 10.8 Å². The number of ketones is 1. The number of amides is 1. The van der Waals surface area contributed by atoms with Crippen LogP contribution in [0.5, 0.6) is 0 Å². The largest absolute Gasteiger partial charge is 0.478 e. The predicted octanol–water partition coefficient (Wildman–Crippen LogP) is 2.27. The number of nitrogens with two attached hydrogens (primary N) is 1. The number of carbonyl (C=O) groups excluding carboxylic acids is 2. The monoisotopic (exact) mass is 355 g/mol. The van der Waals surface area contributed by atoms with Gasteiger partial charge >= 0.3 is 5.97 Å². The van der Waals surface area contributed by atoms with Crippen molar-refractivity contribution < 1.29 is 19.5 Å². The molecule has 0 fully saturated rings. The number of nitrogens with one attached hydrogen (secondary N) is 1. The standard InChI is InChI=1S/C17H13N3O4S/c18-15(22)14(21)16-20-12-6-5-11(7-13(12)25-16)19-8-9-1-3-10(4-2-9)17(23)24/h1-7,19H,8H2,(H2,18,22)(H,23,24). The second-order valence-corrected chi connectivity index (χ2v) is 6.28. The Bertz CT molecular complexity index is 979. The van der Waals surface area contributed by atoms with Crippen LogP contribution in [0.2, 0.25) is 0 Å². The van der Waals surface area contributed by atoms with Crippen LogP contribution in [0.25, 0.3) is 10.2 Å². The molecule has 0 aliphatic heterocycles. The fourth-order valence-electron chi connectivity index (χ4n) is 2.21. The van der Waals surface area contributed by atoms with Gasteiger partial charge in [-0.3, -0.25) is 9.59 Å². The lowest BCUT2D eigenvalue weighted by Crippen LogP contribution is -2.22. The number of Topliss-reactive ketones (excluding diaryl/α,β-unsaturated/α-hetero) is 1. The number of anilines is 1. The van der Waals surface area contributed by atoms with Crippen molar-refractivity contribution in [2.75, 3.05) is 5.32 Å². The molecule has 2 aromatic carbocycles. The van der Waals surface area contributed by atoms with Gasteiger partial charge in [-0.1, -0.05) is 12.1 Å². The van der Waals surface area contributed by atoms with Crippen LogP contribution in [0, 0.1) is 0 Å². The number of nitrogens with zero attached hydrogens (tertiary/aromatic N) is 1. The molecule has 1 amide bonds. The fourth-order valence-corrected chi connectivity index (χ4v) is 3.16. The summed E-state index contributed by atoms with van der Waals surface area (Å²) in [5, 5.41) is 12.2. The van der Waals surface area contributed by atoms with Crippen molar-refractivity contribution in [3.05, 3.63) is 58.6 Å². The van der Waals surface area contributed by atoms with E-state index in [9.17, 15) is 14.4 Å². The molecule has 0 saturated carbocycles. The topological polar surface area (TPSA) is 122 Å². The molecule has 25 heavy (non-hydrogen) atoms. The van der Waals surface area contributed by atoms with Crippen molar-refractivity contribution in [2.24, 2.45) is 5.73 Å². The zero-order chi connectivity index (χ0) is 18.0. The second kappa shape index (κ2) is 6.70. The average Bonchev–Trinajstić information content (AvgIpc) is 3.02. The molecule has 0 atom stereocenters. The SMILES string of the molecule is NC(=O)C(=O)c1nc2ccc(NCc3ccc(C(=O)O)cc3)cc2s1. The molecule has 1 heterocycles. The minimum atomic E-state index is -1.03. The maximum atomic E-state index is 11.6. The van der Waals surface area contributed by atoms with Gasteiger partial charge in [0.25, 0.3) is 11.7 Å². The average molecular weight is 355 g/mol. The maximum absolute atomic E-state index is 11.6. The summed E-state index contributed by atoms with van der Waals surface area (Å²) in [6, 6.07) is 12.0. The summed E-state index contributed by atoms with van der Waals surface area (Å²) in [5.41, 5.74) is 7.59. The van der Waals surface area contributed by atoms with E-state index in [0.29, 0.717) is 12.1 Å². The molecule has 0 spiro atoms. The first-order chi connectivity index (χ1) is 11.9. The highest BCUT2D eigenvalue weighted by molar-refractivity contribution is 7.21. The van der Waals surface area contributed by atoms with E-state index in [1.807, 2.05) is 12.1 Å². The normalized spacial score (nSPS) is 10.6. The smallest absolute Gasteiger partial charge is 0.335 e. The Hall–Kier alpha value is -3.26. The number of carboxylic acids is 1. The van der Waals surface area contributed by atoms with Crippen LogP contribution >= 0.6 is 11.3 Å². The highest BCUT2D eigenvalue weighted by Crippen LogP contribution is 2.26. The summed E-state index contributed by atoms with van der Waals surface area (Å²) in [4.78, 5) is 37.5. The highest BCUT2D eigenvalue weighted by atomic mass is 32.1. The summed E-state index contributed by atoms with van der Waals surface area (Å²) in [6.45, 7) is 0.511. The molecule has 0 aliphatic rings. The van der Waals surface area contributed by atoms with Crippen molar-refractivity contribution in [1.82, 2.24) is 4.98 Å². The quantitative estimate of drug-likeness (QED) is 0.460. The maximum Gasteiger partial charge on any atom is 0.335 e. The number of hydrogen-bond acceptors (Lipinski definition) is 6. The van der Waals surface area contributed by atoms with E-state index < -0.39 is 17.7 Å². The molecule has 4 N–H and O–H groups in total. The van der Waals surface area contributed by atoms with E-state index in [-0.39, 0.29) is 10.6 Å². The number of carboxylic acid groups (broad SMARTS) is 1. The van der Waals surface area contributed by atoms with Crippen LogP contribution < -0.4 is 11.1 Å². The highest BCUT2D eigenvalue weighted by Gasteiger charge is 2.17. The number of primary amides is 1. The third-order valence-electron chi connectivity index (χ3n) is 3.50. The lowest BCUT2D eigenvalue weighted by Gasteiger charge is -2.06. The molecular formula is C17H13N3O4S. The predicted molar refractivity (Wildman–Crippen MR) is 93.9 cm³/mol. The Balaban J connectivity index is 1.74. The number of hydrogen-bond donors (Lipinski definition) is 3. The lowest BCUT2D eigenvalue weighted by atomic mass is 10.1. The number of aromatic nitrogens is 1. The fraction of sp³-hybridized carbons (Fsp3) is 0.0588. The van der Waals surface area contributed by atoms with Crippen LogP contribution in [0.3, 0.4) is 0 Å². The van der Waals surface area contributed by atoms with E-state index in [0.717, 1.165) is 27.3 Å². The van der Waals surface area contributed by atoms with E-state index in [1.54, 1.807) is 30.3 Å². The molecule has 0 saturated heterocycles. The van der Waals surface area contributed by atoms with Gasteiger partial charge in [-0.2, -0.15) is 0 Å². The molecule has 126 valence electrons. The van der Waals surface area contributed by atoms with Gasteiger partial charge in [0, 0.05) is 12.2 Å². The number of thiazole rings is 1.